The van der Waals surface area contributed by atoms with Crippen molar-refractivity contribution in [2.45, 2.75) is 32.4 Å². The normalized spacial score (nSPS) is 12.4. The molecule has 17 heavy (non-hydrogen) atoms. The van der Waals surface area contributed by atoms with Crippen molar-refractivity contribution >= 4 is 17.6 Å². The highest BCUT2D eigenvalue weighted by Crippen LogP contribution is 2.06. The summed E-state index contributed by atoms with van der Waals surface area (Å²) in [6, 6.07) is -0.289. The summed E-state index contributed by atoms with van der Waals surface area (Å²) in [6.07, 6.45) is 4.91. The van der Waals surface area contributed by atoms with E-state index < -0.39 is 0 Å². The van der Waals surface area contributed by atoms with Crippen LogP contribution in [0.25, 0.3) is 0 Å². The zero-order valence-corrected chi connectivity index (χ0v) is 10.9. The van der Waals surface area contributed by atoms with Crippen LogP contribution in [0.1, 0.15) is 19.8 Å². The van der Waals surface area contributed by atoms with E-state index in [0.717, 1.165) is 13.0 Å². The Kier molecular flexibility index (Phi) is 6.00. The first-order valence-corrected chi connectivity index (χ1v) is 6.04. The van der Waals surface area contributed by atoms with E-state index >= 15 is 0 Å². The number of nitrogens with zero attached hydrogens (tertiary/aromatic N) is 2. The quantitative estimate of drug-likeness (QED) is 0.754. The summed E-state index contributed by atoms with van der Waals surface area (Å²) in [5.41, 5.74) is 0. The van der Waals surface area contributed by atoms with Crippen LogP contribution in [0.3, 0.4) is 0 Å². The van der Waals surface area contributed by atoms with Crippen molar-refractivity contribution in [3.8, 4) is 0 Å². The molecule has 0 fully saturated rings. The number of methoxy groups -OCH3 is 1. The van der Waals surface area contributed by atoms with Crippen LogP contribution in [0.2, 0.25) is 5.02 Å². The monoisotopic (exact) mass is 259 g/mol. The number of esters is 1. The smallest absolute Gasteiger partial charge is 0.322 e. The Morgan fingerprint density at radius 1 is 1.71 bits per heavy atom. The van der Waals surface area contributed by atoms with E-state index in [2.05, 4.69) is 17.3 Å². The first kappa shape index (κ1) is 14.0. The maximum atomic E-state index is 11.5. The molecule has 0 saturated carbocycles. The lowest BCUT2D eigenvalue weighted by molar-refractivity contribution is -0.143. The lowest BCUT2D eigenvalue weighted by Gasteiger charge is -2.15. The Bertz CT molecular complexity index is 354. The zero-order valence-electron chi connectivity index (χ0n) is 10.1. The minimum Gasteiger partial charge on any atom is -0.468 e. The molecule has 0 aromatic carbocycles. The molecule has 0 saturated heterocycles. The van der Waals surface area contributed by atoms with E-state index in [4.69, 9.17) is 16.3 Å². The summed E-state index contributed by atoms with van der Waals surface area (Å²) in [4.78, 5) is 11.5. The molecule has 1 aromatic rings. The van der Waals surface area contributed by atoms with Gasteiger partial charge >= 0.3 is 5.97 Å². The minimum atomic E-state index is -0.289. The van der Waals surface area contributed by atoms with E-state index in [1.807, 2.05) is 0 Å². The second-order valence-electron chi connectivity index (χ2n) is 3.74. The van der Waals surface area contributed by atoms with Crippen LogP contribution >= 0.6 is 11.6 Å². The highest BCUT2D eigenvalue weighted by atomic mass is 35.5. The van der Waals surface area contributed by atoms with Crippen LogP contribution in [0.15, 0.2) is 12.4 Å². The van der Waals surface area contributed by atoms with Gasteiger partial charge < -0.3 is 10.1 Å². The number of halogens is 1. The number of hydrogen-bond acceptors (Lipinski definition) is 4. The van der Waals surface area contributed by atoms with Crippen molar-refractivity contribution in [1.82, 2.24) is 15.1 Å². The molecule has 0 spiro atoms. The molecule has 1 aromatic heterocycles. The van der Waals surface area contributed by atoms with Crippen molar-refractivity contribution in [3.63, 3.8) is 0 Å². The standard InChI is InChI=1S/C11H18ClN3O2/c1-3-5-13-10(11(16)17-2)4-6-15-8-9(12)7-14-15/h7-8,10,13H,3-6H2,1-2H3. The minimum absolute atomic E-state index is 0.239. The van der Waals surface area contributed by atoms with Crippen LogP contribution in [0.5, 0.6) is 0 Å². The van der Waals surface area contributed by atoms with E-state index in [9.17, 15) is 4.79 Å². The Morgan fingerprint density at radius 2 is 2.47 bits per heavy atom. The second kappa shape index (κ2) is 7.29. The second-order valence-corrected chi connectivity index (χ2v) is 4.18. The van der Waals surface area contributed by atoms with Crippen molar-refractivity contribution in [1.29, 1.82) is 0 Å². The molecule has 1 rings (SSSR count). The third-order valence-electron chi connectivity index (χ3n) is 2.38. The fraction of sp³-hybridized carbons (Fsp3) is 0.636. The topological polar surface area (TPSA) is 56.2 Å². The van der Waals surface area contributed by atoms with Gasteiger partial charge in [-0.25, -0.2) is 0 Å². The van der Waals surface area contributed by atoms with Gasteiger partial charge in [0.1, 0.15) is 6.04 Å². The van der Waals surface area contributed by atoms with Crippen molar-refractivity contribution < 1.29 is 9.53 Å². The zero-order chi connectivity index (χ0) is 12.7. The average Bonchev–Trinajstić information content (AvgIpc) is 2.74. The Morgan fingerprint density at radius 3 is 3.00 bits per heavy atom. The number of aryl methyl sites for hydroxylation is 1. The number of hydrogen-bond donors (Lipinski definition) is 1. The first-order valence-electron chi connectivity index (χ1n) is 5.66. The fourth-order valence-electron chi connectivity index (χ4n) is 1.49. The largest absolute Gasteiger partial charge is 0.468 e. The SMILES string of the molecule is CCCNC(CCn1cc(Cl)cn1)C(=O)OC. The number of aromatic nitrogens is 2. The van der Waals surface area contributed by atoms with Crippen LogP contribution in [0, 0.1) is 0 Å². The van der Waals surface area contributed by atoms with Crippen molar-refractivity contribution in [3.05, 3.63) is 17.4 Å². The van der Waals surface area contributed by atoms with Gasteiger partial charge in [0.05, 0.1) is 18.3 Å². The number of nitrogens with one attached hydrogen (secondary N) is 1. The molecular weight excluding hydrogens is 242 g/mol. The van der Waals surface area contributed by atoms with Crippen LogP contribution < -0.4 is 5.32 Å². The molecule has 1 unspecified atom stereocenters. The summed E-state index contributed by atoms with van der Waals surface area (Å²) in [6.45, 7) is 3.47. The fourth-order valence-corrected chi connectivity index (χ4v) is 1.64. The van der Waals surface area contributed by atoms with Gasteiger partial charge in [0.25, 0.3) is 0 Å². The molecule has 96 valence electrons. The Labute approximate surface area is 106 Å². The molecule has 0 aliphatic carbocycles. The number of carbonyl (C=O) groups excluding carboxylic acids is 1. The highest BCUT2D eigenvalue weighted by molar-refractivity contribution is 6.30. The summed E-state index contributed by atoms with van der Waals surface area (Å²) in [5, 5.41) is 7.80. The molecule has 0 radical (unpaired) electrons. The molecule has 0 bridgehead atoms. The third-order valence-corrected chi connectivity index (χ3v) is 2.57. The highest BCUT2D eigenvalue weighted by Gasteiger charge is 2.17. The summed E-state index contributed by atoms with van der Waals surface area (Å²) in [7, 11) is 1.40. The Hall–Kier alpha value is -1.07. The number of carbonyl (C=O) groups is 1. The molecule has 6 heteroatoms. The van der Waals surface area contributed by atoms with Crippen LogP contribution in [-0.4, -0.2) is 35.4 Å². The Balaban J connectivity index is 2.45. The molecule has 1 N–H and O–H groups in total. The lowest BCUT2D eigenvalue weighted by atomic mass is 10.2. The van der Waals surface area contributed by atoms with Gasteiger partial charge in [0.15, 0.2) is 0 Å². The van der Waals surface area contributed by atoms with Gasteiger partial charge in [-0.05, 0) is 19.4 Å². The van der Waals surface area contributed by atoms with E-state index in [-0.39, 0.29) is 12.0 Å². The first-order chi connectivity index (χ1) is 8.17. The molecule has 0 amide bonds. The van der Waals surface area contributed by atoms with Gasteiger partial charge in [0, 0.05) is 12.7 Å². The van der Waals surface area contributed by atoms with Crippen LogP contribution in [0.4, 0.5) is 0 Å². The maximum Gasteiger partial charge on any atom is 0.322 e. The van der Waals surface area contributed by atoms with Gasteiger partial charge in [-0.1, -0.05) is 18.5 Å². The van der Waals surface area contributed by atoms with Gasteiger partial charge in [0.2, 0.25) is 0 Å². The third kappa shape index (κ3) is 4.75. The average molecular weight is 260 g/mol. The molecule has 1 heterocycles. The summed E-state index contributed by atoms with van der Waals surface area (Å²) < 4.78 is 6.46. The maximum absolute atomic E-state index is 11.5. The van der Waals surface area contributed by atoms with Crippen molar-refractivity contribution in [2.75, 3.05) is 13.7 Å². The van der Waals surface area contributed by atoms with Crippen molar-refractivity contribution in [2.24, 2.45) is 0 Å². The van der Waals surface area contributed by atoms with Gasteiger partial charge in [-0.15, -0.1) is 0 Å². The summed E-state index contributed by atoms with van der Waals surface area (Å²) >= 11 is 5.76. The summed E-state index contributed by atoms with van der Waals surface area (Å²) in [5.74, 6) is -0.239. The van der Waals surface area contributed by atoms with Gasteiger partial charge in [-0.2, -0.15) is 5.10 Å². The lowest BCUT2D eigenvalue weighted by Crippen LogP contribution is -2.38. The number of rotatable bonds is 7. The van der Waals surface area contributed by atoms with Crippen LogP contribution in [-0.2, 0) is 16.1 Å². The molecule has 5 nitrogen and oxygen atoms in total. The molecule has 0 aliphatic heterocycles. The van der Waals surface area contributed by atoms with E-state index in [0.29, 0.717) is 18.0 Å². The van der Waals surface area contributed by atoms with E-state index in [1.165, 1.54) is 7.11 Å². The predicted octanol–water partition coefficient (Wildman–Crippen LogP) is 1.47. The predicted molar refractivity (Wildman–Crippen MR) is 66.0 cm³/mol. The molecule has 0 aliphatic rings. The number of ether oxygens (including phenoxy) is 1. The molecular formula is C11H18ClN3O2. The molecule has 1 atom stereocenters. The van der Waals surface area contributed by atoms with E-state index in [1.54, 1.807) is 17.1 Å². The van der Waals surface area contributed by atoms with Gasteiger partial charge in [-0.3, -0.25) is 9.48 Å².